The first kappa shape index (κ1) is 17.2. The SMILES string of the molecule is N[C@@H](Cc1cc(C#P=O)cc(-c2cccc3ccccc23)c1)C(=O)O. The van der Waals surface area contributed by atoms with Gasteiger partial charge in [-0.15, -0.1) is 0 Å². The van der Waals surface area contributed by atoms with Gasteiger partial charge in [0, 0.05) is 0 Å². The minimum atomic E-state index is -1.05. The number of hydrogen-bond donors (Lipinski definition) is 2. The first-order chi connectivity index (χ1) is 12.1. The van der Waals surface area contributed by atoms with Crippen molar-refractivity contribution in [2.75, 3.05) is 0 Å². The molecule has 0 saturated carbocycles. The van der Waals surface area contributed by atoms with Crippen LogP contribution in [0, 0.1) is 5.63 Å². The summed E-state index contributed by atoms with van der Waals surface area (Å²) in [5.74, 6) is -1.05. The zero-order valence-electron chi connectivity index (χ0n) is 13.3. The molecule has 3 aromatic rings. The van der Waals surface area contributed by atoms with Crippen molar-refractivity contribution in [3.05, 3.63) is 71.8 Å². The molecule has 0 aliphatic rings. The Balaban J connectivity index is 2.17. The van der Waals surface area contributed by atoms with Gasteiger partial charge in [-0.2, -0.15) is 0 Å². The van der Waals surface area contributed by atoms with Gasteiger partial charge in [0.1, 0.15) is 0 Å². The average Bonchev–Trinajstić information content (AvgIpc) is 2.61. The van der Waals surface area contributed by atoms with Crippen LogP contribution in [-0.2, 0) is 15.8 Å². The van der Waals surface area contributed by atoms with E-state index >= 15 is 0 Å². The Morgan fingerprint density at radius 3 is 2.64 bits per heavy atom. The Bertz CT molecular complexity index is 1050. The Hall–Kier alpha value is -2.64. The Morgan fingerprint density at radius 1 is 1.12 bits per heavy atom. The molecule has 0 bridgehead atoms. The molecule has 0 aromatic heterocycles. The fourth-order valence-electron chi connectivity index (χ4n) is 2.90. The number of carbonyl (C=O) groups is 1. The van der Waals surface area contributed by atoms with Crippen molar-refractivity contribution >= 4 is 24.7 Å². The molecule has 0 radical (unpaired) electrons. The summed E-state index contributed by atoms with van der Waals surface area (Å²) in [4.78, 5) is 11.1. The summed E-state index contributed by atoms with van der Waals surface area (Å²) >= 11 is 0. The van der Waals surface area contributed by atoms with Crippen molar-refractivity contribution in [1.82, 2.24) is 0 Å². The third-order valence-corrected chi connectivity index (χ3v) is 4.39. The number of hydrogen-bond acceptors (Lipinski definition) is 3. The van der Waals surface area contributed by atoms with Crippen LogP contribution in [0.1, 0.15) is 11.1 Å². The summed E-state index contributed by atoms with van der Waals surface area (Å²) < 4.78 is 10.9. The third-order valence-electron chi connectivity index (χ3n) is 4.04. The van der Waals surface area contributed by atoms with Crippen LogP contribution in [0.5, 0.6) is 0 Å². The van der Waals surface area contributed by atoms with E-state index in [1.807, 2.05) is 54.6 Å². The Morgan fingerprint density at radius 2 is 1.88 bits per heavy atom. The number of carboxylic acid groups (broad SMARTS) is 1. The van der Waals surface area contributed by atoms with Crippen LogP contribution in [0.4, 0.5) is 0 Å². The topological polar surface area (TPSA) is 80.4 Å². The predicted octanol–water partition coefficient (Wildman–Crippen LogP) is 4.06. The van der Waals surface area contributed by atoms with E-state index in [4.69, 9.17) is 10.8 Å². The molecule has 3 rings (SSSR count). The fourth-order valence-corrected chi connectivity index (χ4v) is 3.14. The number of carboxylic acids is 1. The van der Waals surface area contributed by atoms with Gasteiger partial charge in [-0.1, -0.05) is 0 Å². The summed E-state index contributed by atoms with van der Waals surface area (Å²) in [6.07, 6.45) is 0.193. The van der Waals surface area contributed by atoms with Crippen molar-refractivity contribution in [1.29, 1.82) is 0 Å². The third kappa shape index (κ3) is 3.89. The number of aliphatic carboxylic acids is 1. The summed E-state index contributed by atoms with van der Waals surface area (Å²) in [6, 6.07) is 18.7. The van der Waals surface area contributed by atoms with Crippen molar-refractivity contribution in [3.63, 3.8) is 0 Å². The monoisotopic (exact) mass is 349 g/mol. The van der Waals surface area contributed by atoms with E-state index in [2.05, 4.69) is 5.63 Å². The van der Waals surface area contributed by atoms with Gasteiger partial charge in [0.15, 0.2) is 0 Å². The zero-order chi connectivity index (χ0) is 17.8. The maximum absolute atomic E-state index is 11.1. The van der Waals surface area contributed by atoms with E-state index in [0.29, 0.717) is 5.56 Å². The molecule has 0 fully saturated rings. The molecule has 3 N–H and O–H groups in total. The van der Waals surface area contributed by atoms with E-state index in [1.54, 1.807) is 6.07 Å². The van der Waals surface area contributed by atoms with E-state index in [9.17, 15) is 9.36 Å². The van der Waals surface area contributed by atoms with Gasteiger partial charge in [0.05, 0.1) is 0 Å². The molecule has 124 valence electrons. The zero-order valence-corrected chi connectivity index (χ0v) is 14.2. The quantitative estimate of drug-likeness (QED) is 0.696. The van der Waals surface area contributed by atoms with Gasteiger partial charge in [0.25, 0.3) is 0 Å². The molecule has 0 saturated heterocycles. The molecule has 1 atom stereocenters. The number of fused-ring (bicyclic) bond motifs is 1. The van der Waals surface area contributed by atoms with Crippen molar-refractivity contribution in [3.8, 4) is 16.8 Å². The molecule has 0 aliphatic heterocycles. The first-order valence-corrected chi connectivity index (χ1v) is 8.58. The van der Waals surface area contributed by atoms with E-state index < -0.39 is 12.0 Å². The Kier molecular flexibility index (Phi) is 5.16. The van der Waals surface area contributed by atoms with Crippen LogP contribution in [0.2, 0.25) is 0 Å². The Labute approximate surface area is 146 Å². The van der Waals surface area contributed by atoms with Crippen molar-refractivity contribution in [2.24, 2.45) is 5.73 Å². The van der Waals surface area contributed by atoms with Gasteiger partial charge in [0.2, 0.25) is 0 Å². The predicted molar refractivity (Wildman–Crippen MR) is 99.3 cm³/mol. The first-order valence-electron chi connectivity index (χ1n) is 7.77. The maximum atomic E-state index is 11.1. The molecule has 0 unspecified atom stereocenters. The summed E-state index contributed by atoms with van der Waals surface area (Å²) in [5.41, 5.74) is 11.8. The molecule has 4 nitrogen and oxygen atoms in total. The van der Waals surface area contributed by atoms with Crippen molar-refractivity contribution < 1.29 is 14.5 Å². The molecule has 3 aromatic carbocycles. The molecular weight excluding hydrogens is 333 g/mol. The fraction of sp³-hybridized carbons (Fsp3) is 0.100. The number of nitrogens with two attached hydrogens (primary N) is 1. The van der Waals surface area contributed by atoms with Crippen LogP contribution in [0.3, 0.4) is 0 Å². The van der Waals surface area contributed by atoms with E-state index in [-0.39, 0.29) is 14.3 Å². The van der Waals surface area contributed by atoms with Gasteiger partial charge >= 0.3 is 146 Å². The van der Waals surface area contributed by atoms with Crippen LogP contribution < -0.4 is 5.73 Å². The summed E-state index contributed by atoms with van der Waals surface area (Å²) in [7, 11) is -0.220. The number of benzene rings is 3. The standard InChI is InChI=1S/C20H16NO3P/c21-19(20(22)23)11-13-8-14(12-25-24)10-16(9-13)18-7-3-5-15-4-1-2-6-17(15)18/h1-10,19H,11,21H2,(H,22,23)/t19-/m0/s1. The van der Waals surface area contributed by atoms with Crippen LogP contribution in [0.15, 0.2) is 60.7 Å². The van der Waals surface area contributed by atoms with Gasteiger partial charge < -0.3 is 0 Å². The molecule has 0 heterocycles. The van der Waals surface area contributed by atoms with Gasteiger partial charge in [-0.25, -0.2) is 0 Å². The van der Waals surface area contributed by atoms with Crippen LogP contribution >= 0.6 is 7.92 Å². The summed E-state index contributed by atoms with van der Waals surface area (Å²) in [6.45, 7) is 0. The van der Waals surface area contributed by atoms with Crippen molar-refractivity contribution in [2.45, 2.75) is 12.5 Å². The van der Waals surface area contributed by atoms with Crippen LogP contribution in [0.25, 0.3) is 21.9 Å². The molecule has 0 amide bonds. The van der Waals surface area contributed by atoms with Gasteiger partial charge in [-0.3, -0.25) is 0 Å². The summed E-state index contributed by atoms with van der Waals surface area (Å²) in [5, 5.41) is 11.3. The van der Waals surface area contributed by atoms with E-state index in [0.717, 1.165) is 27.5 Å². The number of rotatable bonds is 4. The second-order valence-electron chi connectivity index (χ2n) is 5.80. The second-order valence-corrected chi connectivity index (χ2v) is 6.20. The van der Waals surface area contributed by atoms with Gasteiger partial charge in [-0.05, 0) is 0 Å². The molecule has 5 heteroatoms. The molecule has 0 spiro atoms. The van der Waals surface area contributed by atoms with Crippen LogP contribution in [-0.4, -0.2) is 17.1 Å². The minimum absolute atomic E-state index is 0.193. The molecule has 0 aliphatic carbocycles. The normalized spacial score (nSPS) is 11.7. The van der Waals surface area contributed by atoms with E-state index in [1.165, 1.54) is 0 Å². The molecule has 25 heavy (non-hydrogen) atoms. The second kappa shape index (κ2) is 7.50. The molecular formula is C20H16NO3P. The average molecular weight is 349 g/mol.